The SMILES string of the molecule is CCCc1ccc(C(=O)[C@@H]2[C@H](C(=O)C(C)(C)C)N3c4ccc(C)cc4C(C)=C[C@@H]3[C@@]23C(=O)Nc2ccccc23)cc1. The van der Waals surface area contributed by atoms with Crippen LogP contribution in [0.4, 0.5) is 11.4 Å². The molecule has 3 aliphatic rings. The number of allylic oxidation sites excluding steroid dienone is 1. The van der Waals surface area contributed by atoms with Crippen LogP contribution in [0, 0.1) is 18.3 Å². The van der Waals surface area contributed by atoms with Crippen molar-refractivity contribution in [3.63, 3.8) is 0 Å². The van der Waals surface area contributed by atoms with Crippen LogP contribution in [-0.4, -0.2) is 29.6 Å². The molecule has 210 valence electrons. The lowest BCUT2D eigenvalue weighted by Crippen LogP contribution is -2.51. The van der Waals surface area contributed by atoms with Gasteiger partial charge < -0.3 is 10.2 Å². The minimum Gasteiger partial charge on any atom is -0.352 e. The maximum absolute atomic E-state index is 14.9. The highest BCUT2D eigenvalue weighted by Gasteiger charge is 2.71. The molecule has 3 aromatic rings. The Bertz CT molecular complexity index is 1610. The van der Waals surface area contributed by atoms with Crippen molar-refractivity contribution in [3.05, 3.63) is 101 Å². The summed E-state index contributed by atoms with van der Waals surface area (Å²) in [5, 5.41) is 3.11. The summed E-state index contributed by atoms with van der Waals surface area (Å²) in [6, 6.07) is 20.3. The van der Waals surface area contributed by atoms with Crippen molar-refractivity contribution in [2.45, 2.75) is 71.9 Å². The largest absolute Gasteiger partial charge is 0.352 e. The van der Waals surface area contributed by atoms with Crippen molar-refractivity contribution in [3.8, 4) is 0 Å². The topological polar surface area (TPSA) is 66.5 Å². The Hall–Kier alpha value is -3.99. The molecule has 1 spiro atoms. The first-order valence-electron chi connectivity index (χ1n) is 14.7. The van der Waals surface area contributed by atoms with Crippen LogP contribution in [0.3, 0.4) is 0 Å². The van der Waals surface area contributed by atoms with E-state index >= 15 is 0 Å². The molecule has 6 rings (SSSR count). The van der Waals surface area contributed by atoms with E-state index in [9.17, 15) is 14.4 Å². The number of carbonyl (C=O) groups is 3. The predicted molar refractivity (Wildman–Crippen MR) is 164 cm³/mol. The molecule has 1 amide bonds. The zero-order chi connectivity index (χ0) is 29.3. The number of benzene rings is 3. The number of nitrogens with zero attached hydrogens (tertiary/aromatic N) is 1. The van der Waals surface area contributed by atoms with E-state index in [4.69, 9.17) is 0 Å². The van der Waals surface area contributed by atoms with Crippen molar-refractivity contribution in [2.24, 2.45) is 11.3 Å². The molecule has 0 radical (unpaired) electrons. The van der Waals surface area contributed by atoms with E-state index in [0.29, 0.717) is 11.3 Å². The van der Waals surface area contributed by atoms with E-state index in [1.54, 1.807) is 0 Å². The lowest BCUT2D eigenvalue weighted by atomic mass is 9.63. The fraction of sp³-hybridized carbons (Fsp3) is 0.361. The summed E-state index contributed by atoms with van der Waals surface area (Å²) in [5.41, 5.74) is 5.26. The van der Waals surface area contributed by atoms with Gasteiger partial charge >= 0.3 is 0 Å². The fourth-order valence-corrected chi connectivity index (χ4v) is 7.29. The van der Waals surface area contributed by atoms with Gasteiger partial charge in [0.15, 0.2) is 11.6 Å². The van der Waals surface area contributed by atoms with Gasteiger partial charge in [-0.25, -0.2) is 0 Å². The van der Waals surface area contributed by atoms with E-state index in [2.05, 4.69) is 49.2 Å². The highest BCUT2D eigenvalue weighted by atomic mass is 16.2. The molecule has 41 heavy (non-hydrogen) atoms. The fourth-order valence-electron chi connectivity index (χ4n) is 7.29. The van der Waals surface area contributed by atoms with E-state index in [-0.39, 0.29) is 17.5 Å². The first kappa shape index (κ1) is 27.2. The van der Waals surface area contributed by atoms with Crippen molar-refractivity contribution in [1.82, 2.24) is 0 Å². The second-order valence-electron chi connectivity index (χ2n) is 12.9. The summed E-state index contributed by atoms with van der Waals surface area (Å²) >= 11 is 0. The Balaban J connectivity index is 1.66. The van der Waals surface area contributed by atoms with Gasteiger partial charge in [-0.2, -0.15) is 0 Å². The summed E-state index contributed by atoms with van der Waals surface area (Å²) in [4.78, 5) is 46.0. The molecule has 0 bridgehead atoms. The number of carbonyl (C=O) groups excluding carboxylic acids is 3. The number of amides is 1. The van der Waals surface area contributed by atoms with Crippen LogP contribution in [0.2, 0.25) is 0 Å². The Labute approximate surface area is 242 Å². The minimum atomic E-state index is -1.27. The Morgan fingerprint density at radius 3 is 2.37 bits per heavy atom. The van der Waals surface area contributed by atoms with Crippen LogP contribution >= 0.6 is 0 Å². The zero-order valence-corrected chi connectivity index (χ0v) is 24.7. The Morgan fingerprint density at radius 1 is 0.976 bits per heavy atom. The van der Waals surface area contributed by atoms with Crippen molar-refractivity contribution < 1.29 is 14.4 Å². The molecule has 5 heteroatoms. The molecule has 4 atom stereocenters. The summed E-state index contributed by atoms with van der Waals surface area (Å²) in [7, 11) is 0. The number of nitrogens with one attached hydrogen (secondary N) is 1. The van der Waals surface area contributed by atoms with Crippen LogP contribution in [0.25, 0.3) is 5.57 Å². The number of rotatable bonds is 5. The van der Waals surface area contributed by atoms with Gasteiger partial charge in [-0.1, -0.05) is 94.3 Å². The lowest BCUT2D eigenvalue weighted by molar-refractivity contribution is -0.128. The number of ketones is 2. The van der Waals surface area contributed by atoms with Crippen LogP contribution < -0.4 is 10.2 Å². The molecule has 1 saturated heterocycles. The normalized spacial score (nSPS) is 24.4. The zero-order valence-electron chi connectivity index (χ0n) is 24.7. The number of hydrogen-bond donors (Lipinski definition) is 1. The van der Waals surface area contributed by atoms with Gasteiger partial charge in [0.05, 0.1) is 12.0 Å². The summed E-state index contributed by atoms with van der Waals surface area (Å²) in [5.74, 6) is -1.36. The molecule has 0 aromatic heterocycles. The molecule has 3 heterocycles. The first-order valence-corrected chi connectivity index (χ1v) is 14.7. The average molecular weight is 547 g/mol. The molecule has 0 saturated carbocycles. The molecule has 1 N–H and O–H groups in total. The summed E-state index contributed by atoms with van der Waals surface area (Å²) in [6.45, 7) is 12.0. The summed E-state index contributed by atoms with van der Waals surface area (Å²) < 4.78 is 0. The minimum absolute atomic E-state index is 0.0445. The second kappa shape index (κ2) is 9.54. The van der Waals surface area contributed by atoms with Gasteiger partial charge in [-0.05, 0) is 55.2 Å². The van der Waals surface area contributed by atoms with E-state index in [1.165, 1.54) is 0 Å². The van der Waals surface area contributed by atoms with Gasteiger partial charge in [-0.15, -0.1) is 0 Å². The number of hydrogen-bond acceptors (Lipinski definition) is 4. The van der Waals surface area contributed by atoms with Gasteiger partial charge in [0.2, 0.25) is 5.91 Å². The number of para-hydroxylation sites is 1. The van der Waals surface area contributed by atoms with E-state index < -0.39 is 28.8 Å². The third kappa shape index (κ3) is 3.93. The second-order valence-corrected chi connectivity index (χ2v) is 12.9. The Kier molecular flexibility index (Phi) is 6.33. The Morgan fingerprint density at radius 2 is 1.68 bits per heavy atom. The molecule has 0 aliphatic carbocycles. The van der Waals surface area contributed by atoms with Crippen LogP contribution in [0.1, 0.15) is 73.7 Å². The van der Waals surface area contributed by atoms with Crippen molar-refractivity contribution in [1.29, 1.82) is 0 Å². The van der Waals surface area contributed by atoms with Crippen molar-refractivity contribution >= 4 is 34.4 Å². The maximum Gasteiger partial charge on any atom is 0.238 e. The van der Waals surface area contributed by atoms with Gasteiger partial charge in [0.25, 0.3) is 0 Å². The molecule has 3 aliphatic heterocycles. The lowest BCUT2D eigenvalue weighted by Gasteiger charge is -2.40. The molecular formula is C36H38N2O3. The van der Waals surface area contributed by atoms with E-state index in [0.717, 1.165) is 46.4 Å². The van der Waals surface area contributed by atoms with Crippen LogP contribution in [0.5, 0.6) is 0 Å². The molecule has 0 unspecified atom stereocenters. The van der Waals surface area contributed by atoms with Crippen LogP contribution in [-0.2, 0) is 21.4 Å². The van der Waals surface area contributed by atoms with Crippen molar-refractivity contribution in [2.75, 3.05) is 10.2 Å². The number of anilines is 2. The summed E-state index contributed by atoms with van der Waals surface area (Å²) in [6.07, 6.45) is 4.06. The third-order valence-electron chi connectivity index (χ3n) is 9.20. The number of fused-ring (bicyclic) bond motifs is 6. The molecule has 1 fully saturated rings. The highest BCUT2D eigenvalue weighted by molar-refractivity contribution is 6.17. The number of aryl methyl sites for hydroxylation is 2. The van der Waals surface area contributed by atoms with Gasteiger partial charge in [0, 0.05) is 27.9 Å². The highest BCUT2D eigenvalue weighted by Crippen LogP contribution is 2.59. The molecule has 5 nitrogen and oxygen atoms in total. The first-order chi connectivity index (χ1) is 19.5. The van der Waals surface area contributed by atoms with Crippen LogP contribution in [0.15, 0.2) is 72.8 Å². The predicted octanol–water partition coefficient (Wildman–Crippen LogP) is 6.93. The third-order valence-corrected chi connectivity index (χ3v) is 9.20. The standard InChI is InChI=1S/C36H38N2O3/c1-7-10-23-14-16-24(17-15-23)32(39)30-31(33(40)35(4,5)6)38-28-18-13-21(2)19-25(28)22(3)20-29(38)36(30)26-11-8-9-12-27(26)37-34(36)41/h8-9,11-20,29-31H,7,10H2,1-6H3,(H,37,41)/t29-,30+,31-,36-/m1/s1. The van der Waals surface area contributed by atoms with Gasteiger partial charge in [0.1, 0.15) is 11.5 Å². The number of Topliss-reactive ketones (excluding diaryl/α,β-unsaturated/α-hetero) is 2. The molecule has 3 aromatic carbocycles. The smallest absolute Gasteiger partial charge is 0.238 e. The van der Waals surface area contributed by atoms with E-state index in [1.807, 2.05) is 75.4 Å². The van der Waals surface area contributed by atoms with Gasteiger partial charge in [-0.3, -0.25) is 14.4 Å². The maximum atomic E-state index is 14.9. The monoisotopic (exact) mass is 546 g/mol. The quantitative estimate of drug-likeness (QED) is 0.353. The molecular weight excluding hydrogens is 508 g/mol. The average Bonchev–Trinajstić information content (AvgIpc) is 3.40.